The van der Waals surface area contributed by atoms with Crippen LogP contribution in [0.1, 0.15) is 16.7 Å². The molecule has 3 aromatic rings. The van der Waals surface area contributed by atoms with E-state index in [4.69, 9.17) is 4.74 Å². The predicted molar refractivity (Wildman–Crippen MR) is 118 cm³/mol. The van der Waals surface area contributed by atoms with E-state index >= 15 is 0 Å². The second-order valence-corrected chi connectivity index (χ2v) is 7.61. The maximum absolute atomic E-state index is 13.6. The van der Waals surface area contributed by atoms with Crippen molar-refractivity contribution in [2.75, 3.05) is 6.61 Å². The van der Waals surface area contributed by atoms with Crippen LogP contribution in [0.4, 0.5) is 0 Å². The first-order chi connectivity index (χ1) is 15.0. The van der Waals surface area contributed by atoms with Gasteiger partial charge in [-0.1, -0.05) is 91.0 Å². The third-order valence-corrected chi connectivity index (χ3v) is 5.36. The molecule has 0 aliphatic carbocycles. The van der Waals surface area contributed by atoms with Crippen LogP contribution >= 0.6 is 0 Å². The maximum atomic E-state index is 13.6. The molecule has 0 aliphatic heterocycles. The van der Waals surface area contributed by atoms with Gasteiger partial charge >= 0.3 is 0 Å². The van der Waals surface area contributed by atoms with Crippen molar-refractivity contribution in [1.82, 2.24) is 0 Å². The molecule has 162 valence electrons. The van der Waals surface area contributed by atoms with Gasteiger partial charge in [-0.3, -0.25) is 4.79 Å². The van der Waals surface area contributed by atoms with Crippen LogP contribution < -0.4 is 0 Å². The molecule has 0 saturated carbocycles. The molecule has 0 aliphatic rings. The van der Waals surface area contributed by atoms with E-state index in [0.717, 1.165) is 16.7 Å². The molecule has 0 aromatic heterocycles. The van der Waals surface area contributed by atoms with Gasteiger partial charge in [-0.05, 0) is 16.7 Å². The van der Waals surface area contributed by atoms with Crippen molar-refractivity contribution in [2.24, 2.45) is 0 Å². The number of hydrogen-bond acceptors (Lipinski definition) is 5. The van der Waals surface area contributed by atoms with Gasteiger partial charge in [0, 0.05) is 12.8 Å². The minimum absolute atomic E-state index is 0.0255. The number of aliphatic hydroxyl groups excluding tert-OH is 3. The molecule has 0 radical (unpaired) electrons. The van der Waals surface area contributed by atoms with E-state index in [1.54, 1.807) is 0 Å². The average Bonchev–Trinajstić information content (AvgIpc) is 2.82. The van der Waals surface area contributed by atoms with Gasteiger partial charge in [-0.25, -0.2) is 0 Å². The minimum Gasteiger partial charge on any atom is -0.394 e. The van der Waals surface area contributed by atoms with Crippen LogP contribution in [0, 0.1) is 0 Å². The van der Waals surface area contributed by atoms with Gasteiger partial charge < -0.3 is 20.1 Å². The Morgan fingerprint density at radius 1 is 0.774 bits per heavy atom. The Balaban J connectivity index is 2.00. The van der Waals surface area contributed by atoms with E-state index < -0.39 is 24.4 Å². The lowest BCUT2D eigenvalue weighted by atomic mass is 9.80. The third kappa shape index (κ3) is 5.87. The van der Waals surface area contributed by atoms with E-state index in [-0.39, 0.29) is 25.2 Å². The Hall–Kier alpha value is -2.83. The molecule has 3 atom stereocenters. The predicted octanol–water partition coefficient (Wildman–Crippen LogP) is 2.71. The Kier molecular flexibility index (Phi) is 8.09. The van der Waals surface area contributed by atoms with Crippen LogP contribution in [-0.4, -0.2) is 45.5 Å². The fourth-order valence-corrected chi connectivity index (χ4v) is 3.61. The molecule has 0 spiro atoms. The number of ketones is 1. The standard InChI is InChI=1S/C26H28O5/c27-18-23(28)25(30)26(17-21-12-6-2-7-13-21,31-19-22-14-8-3-9-15-22)24(29)16-20-10-4-1-5-11-20/h1-15,23,25,27-28,30H,16-19H2/t23-,25+,26+/m1/s1. The summed E-state index contributed by atoms with van der Waals surface area (Å²) in [5, 5.41) is 30.9. The molecule has 0 heterocycles. The van der Waals surface area contributed by atoms with E-state index in [2.05, 4.69) is 0 Å². The zero-order valence-electron chi connectivity index (χ0n) is 17.3. The number of rotatable bonds is 11. The quantitative estimate of drug-likeness (QED) is 0.444. The molecule has 0 fully saturated rings. The highest BCUT2D eigenvalue weighted by atomic mass is 16.5. The summed E-state index contributed by atoms with van der Waals surface area (Å²) in [6.07, 6.45) is -3.06. The first-order valence-electron chi connectivity index (χ1n) is 10.3. The highest BCUT2D eigenvalue weighted by molar-refractivity contribution is 5.90. The van der Waals surface area contributed by atoms with Crippen molar-refractivity contribution in [1.29, 1.82) is 0 Å². The lowest BCUT2D eigenvalue weighted by Gasteiger charge is -2.38. The van der Waals surface area contributed by atoms with Crippen molar-refractivity contribution in [3.8, 4) is 0 Å². The summed E-state index contributed by atoms with van der Waals surface area (Å²) in [4.78, 5) is 13.6. The topological polar surface area (TPSA) is 87.0 Å². The minimum atomic E-state index is -1.74. The highest BCUT2D eigenvalue weighted by Gasteiger charge is 2.48. The number of carbonyl (C=O) groups excluding carboxylic acids is 1. The van der Waals surface area contributed by atoms with Crippen LogP contribution in [0.25, 0.3) is 0 Å². The van der Waals surface area contributed by atoms with Crippen LogP contribution in [-0.2, 0) is 29.0 Å². The Bertz CT molecular complexity index is 930. The zero-order valence-corrected chi connectivity index (χ0v) is 17.3. The molecule has 0 unspecified atom stereocenters. The molecule has 3 rings (SSSR count). The van der Waals surface area contributed by atoms with Gasteiger partial charge in [0.2, 0.25) is 0 Å². The fourth-order valence-electron chi connectivity index (χ4n) is 3.61. The third-order valence-electron chi connectivity index (χ3n) is 5.36. The van der Waals surface area contributed by atoms with Crippen LogP contribution in [0.3, 0.4) is 0 Å². The van der Waals surface area contributed by atoms with E-state index in [9.17, 15) is 20.1 Å². The van der Waals surface area contributed by atoms with Crippen LogP contribution in [0.5, 0.6) is 0 Å². The summed E-state index contributed by atoms with van der Waals surface area (Å²) in [5.74, 6) is -0.363. The van der Waals surface area contributed by atoms with Gasteiger partial charge in [0.15, 0.2) is 11.4 Å². The molecular formula is C26H28O5. The first-order valence-corrected chi connectivity index (χ1v) is 10.3. The number of ether oxygens (including phenoxy) is 1. The van der Waals surface area contributed by atoms with E-state index in [1.807, 2.05) is 91.0 Å². The average molecular weight is 421 g/mol. The smallest absolute Gasteiger partial charge is 0.172 e. The number of Topliss-reactive ketones (excluding diaryl/α,β-unsaturated/α-hetero) is 1. The molecule has 5 heteroatoms. The number of benzene rings is 3. The number of carbonyl (C=O) groups is 1. The zero-order chi connectivity index (χ0) is 22.1. The summed E-state index contributed by atoms with van der Waals surface area (Å²) in [6, 6.07) is 27.8. The monoisotopic (exact) mass is 420 g/mol. The molecule has 0 saturated heterocycles. The maximum Gasteiger partial charge on any atom is 0.172 e. The summed E-state index contributed by atoms with van der Waals surface area (Å²) >= 11 is 0. The lowest BCUT2D eigenvalue weighted by Crippen LogP contribution is -2.59. The molecular weight excluding hydrogens is 392 g/mol. The number of hydrogen-bond donors (Lipinski definition) is 3. The van der Waals surface area contributed by atoms with E-state index in [0.29, 0.717) is 0 Å². The molecule has 0 bridgehead atoms. The Morgan fingerprint density at radius 3 is 1.77 bits per heavy atom. The van der Waals surface area contributed by atoms with Crippen LogP contribution in [0.15, 0.2) is 91.0 Å². The van der Waals surface area contributed by atoms with Crippen molar-refractivity contribution in [2.45, 2.75) is 37.3 Å². The molecule has 5 nitrogen and oxygen atoms in total. The van der Waals surface area contributed by atoms with Gasteiger partial charge in [-0.15, -0.1) is 0 Å². The van der Waals surface area contributed by atoms with Crippen molar-refractivity contribution >= 4 is 5.78 Å². The van der Waals surface area contributed by atoms with Crippen molar-refractivity contribution < 1.29 is 24.9 Å². The Morgan fingerprint density at radius 2 is 1.26 bits per heavy atom. The lowest BCUT2D eigenvalue weighted by molar-refractivity contribution is -0.183. The Labute approximate surface area is 182 Å². The first kappa shape index (κ1) is 22.8. The van der Waals surface area contributed by atoms with E-state index in [1.165, 1.54) is 0 Å². The SMILES string of the molecule is O=C(Cc1ccccc1)[C@](Cc1ccccc1)(OCc1ccccc1)[C@@H](O)[C@H](O)CO. The largest absolute Gasteiger partial charge is 0.394 e. The molecule has 3 N–H and O–H groups in total. The van der Waals surface area contributed by atoms with Gasteiger partial charge in [0.05, 0.1) is 13.2 Å². The summed E-state index contributed by atoms with van der Waals surface area (Å²) in [5.41, 5.74) is 0.646. The van der Waals surface area contributed by atoms with Crippen molar-refractivity contribution in [3.05, 3.63) is 108 Å². The van der Waals surface area contributed by atoms with Crippen LogP contribution in [0.2, 0.25) is 0 Å². The van der Waals surface area contributed by atoms with Gasteiger partial charge in [0.25, 0.3) is 0 Å². The molecule has 0 amide bonds. The molecule has 3 aromatic carbocycles. The van der Waals surface area contributed by atoms with Gasteiger partial charge in [-0.2, -0.15) is 0 Å². The summed E-state index contributed by atoms with van der Waals surface area (Å²) < 4.78 is 6.17. The normalized spacial score (nSPS) is 15.1. The second-order valence-electron chi connectivity index (χ2n) is 7.61. The summed E-state index contributed by atoms with van der Waals surface area (Å²) in [6.45, 7) is -0.617. The van der Waals surface area contributed by atoms with Gasteiger partial charge in [0.1, 0.15) is 12.2 Å². The number of aliphatic hydroxyl groups is 3. The summed E-state index contributed by atoms with van der Waals surface area (Å²) in [7, 11) is 0. The highest BCUT2D eigenvalue weighted by Crippen LogP contribution is 2.29. The fraction of sp³-hybridized carbons (Fsp3) is 0.269. The van der Waals surface area contributed by atoms with Crippen molar-refractivity contribution in [3.63, 3.8) is 0 Å². The second kappa shape index (κ2) is 11.0. The molecule has 31 heavy (non-hydrogen) atoms.